The van der Waals surface area contributed by atoms with Crippen molar-refractivity contribution in [3.63, 3.8) is 0 Å². The summed E-state index contributed by atoms with van der Waals surface area (Å²) in [5, 5.41) is 4.01. The Balaban J connectivity index is 1.89. The Kier molecular flexibility index (Phi) is 5.16. The van der Waals surface area contributed by atoms with Crippen molar-refractivity contribution in [3.8, 4) is 17.0 Å². The van der Waals surface area contributed by atoms with E-state index in [2.05, 4.69) is 20.0 Å². The average Bonchev–Trinajstić information content (AvgIpc) is 2.73. The van der Waals surface area contributed by atoms with E-state index in [4.69, 9.17) is 5.73 Å². The second-order valence-electron chi connectivity index (χ2n) is 6.56. The van der Waals surface area contributed by atoms with Gasteiger partial charge in [-0.2, -0.15) is 0 Å². The molecule has 0 aliphatic heterocycles. The molecule has 0 unspecified atom stereocenters. The van der Waals surface area contributed by atoms with Crippen molar-refractivity contribution in [2.75, 3.05) is 5.32 Å². The number of primary amides is 1. The number of nitrogens with zero attached hydrogens (tertiary/aromatic N) is 2. The van der Waals surface area contributed by atoms with E-state index in [1.54, 1.807) is 42.7 Å². The van der Waals surface area contributed by atoms with E-state index in [1.807, 2.05) is 6.07 Å². The van der Waals surface area contributed by atoms with Crippen LogP contribution in [0.2, 0.25) is 0 Å². The van der Waals surface area contributed by atoms with Crippen molar-refractivity contribution in [2.24, 2.45) is 5.73 Å². The maximum Gasteiger partial charge on any atom is 0.573 e. The van der Waals surface area contributed by atoms with Crippen LogP contribution in [0.5, 0.6) is 5.75 Å². The number of amides is 1. The minimum Gasteiger partial charge on any atom is -0.406 e. The molecule has 0 aliphatic rings. The molecule has 6 nitrogen and oxygen atoms in total. The molecule has 9 heteroatoms. The number of anilines is 2. The van der Waals surface area contributed by atoms with Gasteiger partial charge in [-0.25, -0.2) is 4.98 Å². The van der Waals surface area contributed by atoms with Crippen LogP contribution in [0.1, 0.15) is 10.4 Å². The molecule has 0 spiro atoms. The van der Waals surface area contributed by atoms with Crippen molar-refractivity contribution >= 4 is 28.2 Å². The molecule has 0 fully saturated rings. The number of carbonyl (C=O) groups is 1. The predicted octanol–water partition coefficient (Wildman–Crippen LogP) is 5.04. The number of ether oxygens (including phenoxy) is 1. The first kappa shape index (κ1) is 20.1. The summed E-state index contributed by atoms with van der Waals surface area (Å²) in [4.78, 5) is 20.4. The van der Waals surface area contributed by atoms with Gasteiger partial charge in [0.15, 0.2) is 0 Å². The zero-order valence-electron chi connectivity index (χ0n) is 15.9. The van der Waals surface area contributed by atoms with E-state index in [0.717, 1.165) is 0 Å². The Labute approximate surface area is 174 Å². The predicted molar refractivity (Wildman–Crippen MR) is 110 cm³/mol. The Bertz CT molecular complexity index is 1260. The van der Waals surface area contributed by atoms with Crippen LogP contribution in [0.4, 0.5) is 24.7 Å². The number of hydrogen-bond acceptors (Lipinski definition) is 5. The second kappa shape index (κ2) is 7.94. The number of para-hydroxylation sites is 1. The van der Waals surface area contributed by atoms with Gasteiger partial charge in [0.2, 0.25) is 0 Å². The van der Waals surface area contributed by atoms with Crippen LogP contribution in [0.15, 0.2) is 73.1 Å². The van der Waals surface area contributed by atoms with Crippen LogP contribution < -0.4 is 15.8 Å². The van der Waals surface area contributed by atoms with Crippen LogP contribution in [0.25, 0.3) is 22.0 Å². The summed E-state index contributed by atoms with van der Waals surface area (Å²) >= 11 is 0. The third-order valence-corrected chi connectivity index (χ3v) is 4.44. The third kappa shape index (κ3) is 4.55. The number of hydrogen-bond donors (Lipinski definition) is 2. The van der Waals surface area contributed by atoms with Crippen molar-refractivity contribution in [1.29, 1.82) is 0 Å². The summed E-state index contributed by atoms with van der Waals surface area (Å²) in [7, 11) is 0. The number of nitrogens with one attached hydrogen (secondary N) is 1. The monoisotopic (exact) mass is 424 g/mol. The van der Waals surface area contributed by atoms with Crippen LogP contribution in [0, 0.1) is 0 Å². The van der Waals surface area contributed by atoms with Crippen LogP contribution >= 0.6 is 0 Å². The van der Waals surface area contributed by atoms with E-state index in [9.17, 15) is 18.0 Å². The maximum absolute atomic E-state index is 12.7. The molecule has 31 heavy (non-hydrogen) atoms. The fourth-order valence-corrected chi connectivity index (χ4v) is 3.12. The smallest absolute Gasteiger partial charge is 0.406 e. The van der Waals surface area contributed by atoms with Gasteiger partial charge < -0.3 is 15.8 Å². The molecule has 4 rings (SSSR count). The first-order valence-corrected chi connectivity index (χ1v) is 9.07. The second-order valence-corrected chi connectivity index (χ2v) is 6.56. The number of halogens is 3. The van der Waals surface area contributed by atoms with Crippen molar-refractivity contribution < 1.29 is 22.7 Å². The van der Waals surface area contributed by atoms with Gasteiger partial charge in [-0.05, 0) is 47.9 Å². The van der Waals surface area contributed by atoms with E-state index >= 15 is 0 Å². The number of aromatic nitrogens is 2. The lowest BCUT2D eigenvalue weighted by atomic mass is 10.1. The molecule has 4 aromatic rings. The molecular formula is C22H15F3N4O2. The Morgan fingerprint density at radius 3 is 2.55 bits per heavy atom. The van der Waals surface area contributed by atoms with Crippen molar-refractivity contribution in [1.82, 2.24) is 9.97 Å². The summed E-state index contributed by atoms with van der Waals surface area (Å²) in [5.41, 5.74) is 7.29. The van der Waals surface area contributed by atoms with E-state index < -0.39 is 12.3 Å². The fraction of sp³-hybridized carbons (Fsp3) is 0.0455. The summed E-state index contributed by atoms with van der Waals surface area (Å²) < 4.78 is 42.2. The normalized spacial score (nSPS) is 11.3. The third-order valence-electron chi connectivity index (χ3n) is 4.44. The standard InChI is InChI=1S/C22H15F3N4O2/c23-22(24,25)31-15-8-7-13-10-19(14-4-3-9-27-12-14)29-21(17(13)11-15)28-18-6-2-1-5-16(18)20(26)30/h1-12H,(H2,26,30)(H,28,29). The average molecular weight is 424 g/mol. The van der Waals surface area contributed by atoms with Gasteiger partial charge in [-0.3, -0.25) is 9.78 Å². The van der Waals surface area contributed by atoms with E-state index in [0.29, 0.717) is 27.7 Å². The zero-order valence-corrected chi connectivity index (χ0v) is 15.9. The number of fused-ring (bicyclic) bond motifs is 1. The van der Waals surface area contributed by atoms with Gasteiger partial charge in [-0.15, -0.1) is 13.2 Å². The molecule has 2 heterocycles. The topological polar surface area (TPSA) is 90.1 Å². The highest BCUT2D eigenvalue weighted by Gasteiger charge is 2.31. The van der Waals surface area contributed by atoms with Crippen molar-refractivity contribution in [2.45, 2.75) is 6.36 Å². The van der Waals surface area contributed by atoms with Gasteiger partial charge >= 0.3 is 6.36 Å². The number of carbonyl (C=O) groups excluding carboxylic acids is 1. The van der Waals surface area contributed by atoms with Crippen molar-refractivity contribution in [3.05, 3.63) is 78.6 Å². The summed E-state index contributed by atoms with van der Waals surface area (Å²) in [6.07, 6.45) is -1.59. The van der Waals surface area contributed by atoms with Gasteiger partial charge in [0.25, 0.3) is 5.91 Å². The van der Waals surface area contributed by atoms with Crippen LogP contribution in [-0.2, 0) is 0 Å². The van der Waals surface area contributed by atoms with Crippen LogP contribution in [-0.4, -0.2) is 22.2 Å². The van der Waals surface area contributed by atoms with E-state index in [1.165, 1.54) is 24.3 Å². The molecule has 0 bridgehead atoms. The molecule has 2 aromatic heterocycles. The number of benzene rings is 2. The quantitative estimate of drug-likeness (QED) is 0.469. The SMILES string of the molecule is NC(=O)c1ccccc1Nc1nc(-c2cccnc2)cc2ccc(OC(F)(F)F)cc12. The molecule has 0 saturated heterocycles. The number of pyridine rings is 2. The first-order valence-electron chi connectivity index (χ1n) is 9.07. The lowest BCUT2D eigenvalue weighted by Crippen LogP contribution is -2.17. The van der Waals surface area contributed by atoms with E-state index in [-0.39, 0.29) is 17.1 Å². The molecule has 0 radical (unpaired) electrons. The summed E-state index contributed by atoms with van der Waals surface area (Å²) in [6.45, 7) is 0. The minimum absolute atomic E-state index is 0.215. The molecule has 2 aromatic carbocycles. The van der Waals surface area contributed by atoms with Gasteiger partial charge in [-0.1, -0.05) is 18.2 Å². The molecular weight excluding hydrogens is 409 g/mol. The zero-order chi connectivity index (χ0) is 22.0. The van der Waals surface area contributed by atoms with Gasteiger partial charge in [0.1, 0.15) is 11.6 Å². The number of nitrogens with two attached hydrogens (primary N) is 1. The molecule has 1 amide bonds. The highest BCUT2D eigenvalue weighted by molar-refractivity contribution is 6.02. The van der Waals surface area contributed by atoms with Gasteiger partial charge in [0.05, 0.1) is 16.9 Å². The van der Waals surface area contributed by atoms with Crippen LogP contribution in [0.3, 0.4) is 0 Å². The minimum atomic E-state index is -4.83. The Morgan fingerprint density at radius 2 is 1.84 bits per heavy atom. The summed E-state index contributed by atoms with van der Waals surface area (Å²) in [6, 6.07) is 15.8. The summed E-state index contributed by atoms with van der Waals surface area (Å²) in [5.74, 6) is -0.809. The Hall–Kier alpha value is -4.14. The first-order chi connectivity index (χ1) is 14.8. The number of alkyl halides is 3. The molecule has 0 aliphatic carbocycles. The Morgan fingerprint density at radius 1 is 1.03 bits per heavy atom. The molecule has 3 N–H and O–H groups in total. The fourth-order valence-electron chi connectivity index (χ4n) is 3.12. The highest BCUT2D eigenvalue weighted by Crippen LogP contribution is 2.34. The van der Waals surface area contributed by atoms with Gasteiger partial charge in [0, 0.05) is 23.3 Å². The lowest BCUT2D eigenvalue weighted by Gasteiger charge is -2.15. The molecule has 0 saturated carbocycles. The largest absolute Gasteiger partial charge is 0.573 e. The lowest BCUT2D eigenvalue weighted by molar-refractivity contribution is -0.274. The molecule has 0 atom stereocenters. The molecule has 156 valence electrons. The highest BCUT2D eigenvalue weighted by atomic mass is 19.4. The maximum atomic E-state index is 12.7. The number of rotatable bonds is 5.